The van der Waals surface area contributed by atoms with Crippen LogP contribution in [-0.4, -0.2) is 6.10 Å². The summed E-state index contributed by atoms with van der Waals surface area (Å²) in [5.74, 6) is 0.905. The van der Waals surface area contributed by atoms with Crippen LogP contribution >= 0.6 is 0 Å². The van der Waals surface area contributed by atoms with Gasteiger partial charge >= 0.3 is 0 Å². The molecule has 0 bridgehead atoms. The number of hydrogen-bond donors (Lipinski definition) is 3. The Morgan fingerprint density at radius 3 is 2.91 bits per heavy atom. The van der Waals surface area contributed by atoms with E-state index in [0.717, 1.165) is 34.7 Å². The minimum atomic E-state index is -0.795. The molecule has 2 atom stereocenters. The first-order valence-corrected chi connectivity index (χ1v) is 7.51. The number of para-hydroxylation sites is 1. The fourth-order valence-corrected chi connectivity index (χ4v) is 3.28. The van der Waals surface area contributed by atoms with Gasteiger partial charge in [0.25, 0.3) is 0 Å². The van der Waals surface area contributed by atoms with Crippen molar-refractivity contribution in [3.8, 4) is 5.75 Å². The van der Waals surface area contributed by atoms with Gasteiger partial charge in [0.15, 0.2) is 0 Å². The van der Waals surface area contributed by atoms with E-state index < -0.39 is 5.66 Å². The summed E-state index contributed by atoms with van der Waals surface area (Å²) >= 11 is 0. The summed E-state index contributed by atoms with van der Waals surface area (Å²) in [5, 5.41) is 3.41. The molecule has 5 N–H and O–H groups in total. The lowest BCUT2D eigenvalue weighted by molar-refractivity contribution is 0.250. The highest BCUT2D eigenvalue weighted by molar-refractivity contribution is 5.81. The minimum Gasteiger partial charge on any atom is -0.490 e. The lowest BCUT2D eigenvalue weighted by atomic mass is 9.91. The molecule has 2 aliphatic heterocycles. The highest BCUT2D eigenvalue weighted by Gasteiger charge is 2.34. The van der Waals surface area contributed by atoms with Gasteiger partial charge in [-0.3, -0.25) is 0 Å². The summed E-state index contributed by atoms with van der Waals surface area (Å²) < 4.78 is 5.99. The van der Waals surface area contributed by atoms with Gasteiger partial charge in [0, 0.05) is 28.9 Å². The number of nitrogens with one attached hydrogen (secondary N) is 1. The Morgan fingerprint density at radius 1 is 1.23 bits per heavy atom. The normalized spacial score (nSPS) is 25.1. The van der Waals surface area contributed by atoms with E-state index in [0.29, 0.717) is 0 Å². The van der Waals surface area contributed by atoms with Gasteiger partial charge in [0.1, 0.15) is 17.5 Å². The second-order valence-electron chi connectivity index (χ2n) is 6.06. The van der Waals surface area contributed by atoms with Gasteiger partial charge in [-0.25, -0.2) is 0 Å². The largest absolute Gasteiger partial charge is 0.490 e. The van der Waals surface area contributed by atoms with E-state index in [2.05, 4.69) is 18.3 Å². The molecular weight excluding hydrogens is 274 g/mol. The molecule has 112 valence electrons. The van der Waals surface area contributed by atoms with E-state index in [9.17, 15) is 0 Å². The molecule has 2 heterocycles. The fourth-order valence-electron chi connectivity index (χ4n) is 3.28. The van der Waals surface area contributed by atoms with Gasteiger partial charge in [-0.15, -0.1) is 0 Å². The van der Waals surface area contributed by atoms with Crippen LogP contribution < -0.4 is 21.5 Å². The third kappa shape index (κ3) is 1.88. The maximum Gasteiger partial charge on any atom is 0.135 e. The predicted molar refractivity (Wildman–Crippen MR) is 89.6 cm³/mol. The molecule has 0 saturated carbocycles. The van der Waals surface area contributed by atoms with Crippen molar-refractivity contribution in [2.75, 3.05) is 11.1 Å². The van der Waals surface area contributed by atoms with Crippen LogP contribution in [0.1, 0.15) is 23.6 Å². The molecule has 2 aromatic carbocycles. The quantitative estimate of drug-likeness (QED) is 0.707. The standard InChI is InChI=1S/C18H19N3O/c1-11-10-12-4-2-5-14(17(12)22-11)18(20)9-8-13-15(19)6-3-7-16(13)21-18/h2-9,11,21H,10,19-20H2,1H3. The third-order valence-corrected chi connectivity index (χ3v) is 4.36. The molecule has 0 fully saturated rings. The van der Waals surface area contributed by atoms with Crippen LogP contribution in [0.25, 0.3) is 6.08 Å². The van der Waals surface area contributed by atoms with Crippen molar-refractivity contribution in [2.45, 2.75) is 25.1 Å². The first-order chi connectivity index (χ1) is 10.6. The van der Waals surface area contributed by atoms with Crippen LogP contribution in [0.5, 0.6) is 5.75 Å². The summed E-state index contributed by atoms with van der Waals surface area (Å²) in [4.78, 5) is 0. The highest BCUT2D eigenvalue weighted by atomic mass is 16.5. The van der Waals surface area contributed by atoms with E-state index in [4.69, 9.17) is 16.2 Å². The summed E-state index contributed by atoms with van der Waals surface area (Å²) in [6, 6.07) is 12.0. The Hall–Kier alpha value is -2.46. The number of benzene rings is 2. The molecule has 4 rings (SSSR count). The van der Waals surface area contributed by atoms with Crippen molar-refractivity contribution in [2.24, 2.45) is 5.73 Å². The number of ether oxygens (including phenoxy) is 1. The van der Waals surface area contributed by atoms with Crippen LogP contribution in [0.4, 0.5) is 11.4 Å². The Bertz CT molecular complexity index is 784. The molecule has 4 nitrogen and oxygen atoms in total. The average molecular weight is 293 g/mol. The number of fused-ring (bicyclic) bond motifs is 2. The molecule has 0 saturated heterocycles. The van der Waals surface area contributed by atoms with Crippen molar-refractivity contribution in [1.29, 1.82) is 0 Å². The van der Waals surface area contributed by atoms with Crippen molar-refractivity contribution in [3.05, 3.63) is 59.2 Å². The molecule has 22 heavy (non-hydrogen) atoms. The zero-order chi connectivity index (χ0) is 15.3. The second kappa shape index (κ2) is 4.52. The fraction of sp³-hybridized carbons (Fsp3) is 0.222. The second-order valence-corrected chi connectivity index (χ2v) is 6.06. The SMILES string of the molecule is CC1Cc2cccc(C3(N)C=Cc4c(N)cccc4N3)c2O1. The molecule has 4 heteroatoms. The lowest BCUT2D eigenvalue weighted by Crippen LogP contribution is -2.44. The summed E-state index contributed by atoms with van der Waals surface area (Å²) in [6.45, 7) is 2.08. The number of hydrogen-bond acceptors (Lipinski definition) is 4. The monoisotopic (exact) mass is 293 g/mol. The van der Waals surface area contributed by atoms with Crippen molar-refractivity contribution < 1.29 is 4.74 Å². The van der Waals surface area contributed by atoms with Gasteiger partial charge in [-0.1, -0.05) is 30.3 Å². The number of nitrogen functional groups attached to an aromatic ring is 1. The van der Waals surface area contributed by atoms with Crippen molar-refractivity contribution in [1.82, 2.24) is 0 Å². The zero-order valence-corrected chi connectivity index (χ0v) is 12.5. The molecule has 0 amide bonds. The Morgan fingerprint density at radius 2 is 2.05 bits per heavy atom. The first-order valence-electron chi connectivity index (χ1n) is 7.51. The molecule has 0 aromatic heterocycles. The molecule has 0 aliphatic carbocycles. The van der Waals surface area contributed by atoms with E-state index in [1.165, 1.54) is 5.56 Å². The minimum absolute atomic E-state index is 0.190. The topological polar surface area (TPSA) is 73.3 Å². The molecule has 0 radical (unpaired) electrons. The van der Waals surface area contributed by atoms with E-state index >= 15 is 0 Å². The van der Waals surface area contributed by atoms with Crippen LogP contribution in [-0.2, 0) is 12.1 Å². The Labute approximate surface area is 129 Å². The van der Waals surface area contributed by atoms with Crippen LogP contribution in [0.15, 0.2) is 42.5 Å². The highest BCUT2D eigenvalue weighted by Crippen LogP contribution is 2.41. The molecule has 0 spiro atoms. The molecule has 2 aliphatic rings. The van der Waals surface area contributed by atoms with Crippen LogP contribution in [0.2, 0.25) is 0 Å². The number of nitrogens with two attached hydrogens (primary N) is 2. The first kappa shape index (κ1) is 13.2. The van der Waals surface area contributed by atoms with Crippen molar-refractivity contribution in [3.63, 3.8) is 0 Å². The molecule has 2 aromatic rings. The van der Waals surface area contributed by atoms with Gasteiger partial charge in [0.05, 0.1) is 0 Å². The maximum atomic E-state index is 6.65. The summed E-state index contributed by atoms with van der Waals surface area (Å²) in [6.07, 6.45) is 5.05. The van der Waals surface area contributed by atoms with Gasteiger partial charge < -0.3 is 21.5 Å². The maximum absolute atomic E-state index is 6.65. The zero-order valence-electron chi connectivity index (χ0n) is 12.5. The van der Waals surface area contributed by atoms with Gasteiger partial charge in [-0.05, 0) is 30.7 Å². The summed E-state index contributed by atoms with van der Waals surface area (Å²) in [7, 11) is 0. The molecular formula is C18H19N3O. The van der Waals surface area contributed by atoms with Gasteiger partial charge in [-0.2, -0.15) is 0 Å². The lowest BCUT2D eigenvalue weighted by Gasteiger charge is -2.34. The number of anilines is 2. The van der Waals surface area contributed by atoms with Crippen LogP contribution in [0, 0.1) is 0 Å². The van der Waals surface area contributed by atoms with Gasteiger partial charge in [0.2, 0.25) is 0 Å². The van der Waals surface area contributed by atoms with E-state index in [1.54, 1.807) is 0 Å². The Balaban J connectivity index is 1.81. The smallest absolute Gasteiger partial charge is 0.135 e. The third-order valence-electron chi connectivity index (χ3n) is 4.36. The summed E-state index contributed by atoms with van der Waals surface area (Å²) in [5.41, 5.74) is 16.7. The van der Waals surface area contributed by atoms with E-state index in [-0.39, 0.29) is 6.10 Å². The van der Waals surface area contributed by atoms with E-state index in [1.807, 2.05) is 42.5 Å². The molecule has 2 unspecified atom stereocenters. The number of rotatable bonds is 1. The average Bonchev–Trinajstić information content (AvgIpc) is 2.87. The Kier molecular flexibility index (Phi) is 2.71. The van der Waals surface area contributed by atoms with Crippen LogP contribution in [0.3, 0.4) is 0 Å². The predicted octanol–water partition coefficient (Wildman–Crippen LogP) is 2.84. The van der Waals surface area contributed by atoms with Crippen molar-refractivity contribution >= 4 is 17.5 Å².